The molecule has 1 amide bonds. The number of hydrogen-bond acceptors (Lipinski definition) is 6. The third kappa shape index (κ3) is 4.67. The van der Waals surface area contributed by atoms with Crippen molar-refractivity contribution in [2.75, 3.05) is 49.6 Å². The molecule has 1 saturated heterocycles. The van der Waals surface area contributed by atoms with Crippen molar-refractivity contribution in [2.45, 2.75) is 19.8 Å². The Bertz CT molecular complexity index is 742. The van der Waals surface area contributed by atoms with Crippen LogP contribution in [0.4, 0.5) is 11.5 Å². The summed E-state index contributed by atoms with van der Waals surface area (Å²) in [5.41, 5.74) is 1.48. The summed E-state index contributed by atoms with van der Waals surface area (Å²) >= 11 is 0. The van der Waals surface area contributed by atoms with Crippen molar-refractivity contribution < 1.29 is 9.53 Å². The van der Waals surface area contributed by atoms with E-state index in [9.17, 15) is 4.79 Å². The summed E-state index contributed by atoms with van der Waals surface area (Å²) in [5.74, 6) is 1.53. The van der Waals surface area contributed by atoms with Gasteiger partial charge in [-0.15, -0.1) is 10.2 Å². The average Bonchev–Trinajstić information content (AvgIpc) is 2.74. The molecule has 0 aliphatic carbocycles. The number of nitrogens with zero attached hydrogens (tertiary/aromatic N) is 4. The van der Waals surface area contributed by atoms with Crippen LogP contribution < -0.4 is 19.9 Å². The number of aromatic nitrogens is 2. The Balaban J connectivity index is 1.57. The molecule has 1 fully saturated rings. The lowest BCUT2D eigenvalue weighted by Gasteiger charge is -2.37. The first kappa shape index (κ1) is 18.9. The van der Waals surface area contributed by atoms with Crippen LogP contribution in [0, 0.1) is 0 Å². The molecule has 0 bridgehead atoms. The van der Waals surface area contributed by atoms with Gasteiger partial charge in [-0.1, -0.05) is 25.5 Å². The summed E-state index contributed by atoms with van der Waals surface area (Å²) in [6.07, 6.45) is 2.01. The van der Waals surface area contributed by atoms with Crippen LogP contribution in [0.2, 0.25) is 0 Å². The van der Waals surface area contributed by atoms with E-state index in [1.165, 1.54) is 0 Å². The van der Waals surface area contributed by atoms with Crippen molar-refractivity contribution in [1.29, 1.82) is 0 Å². The van der Waals surface area contributed by atoms with Gasteiger partial charge in [0.2, 0.25) is 0 Å². The van der Waals surface area contributed by atoms with Crippen molar-refractivity contribution in [3.63, 3.8) is 0 Å². The number of amides is 1. The van der Waals surface area contributed by atoms with E-state index < -0.39 is 0 Å². The fraction of sp³-hybridized carbons (Fsp3) is 0.450. The Hall–Kier alpha value is -2.83. The van der Waals surface area contributed by atoms with Crippen LogP contribution in [-0.4, -0.2) is 55.9 Å². The van der Waals surface area contributed by atoms with Crippen LogP contribution in [0.1, 0.15) is 30.3 Å². The maximum absolute atomic E-state index is 12.0. The van der Waals surface area contributed by atoms with Crippen LogP contribution in [0.3, 0.4) is 0 Å². The number of carbonyl (C=O) groups is 1. The normalized spacial score (nSPS) is 14.1. The summed E-state index contributed by atoms with van der Waals surface area (Å²) in [4.78, 5) is 16.5. The van der Waals surface area contributed by atoms with Crippen molar-refractivity contribution in [1.82, 2.24) is 15.5 Å². The molecular formula is C20H27N5O2. The Morgan fingerprint density at radius 2 is 1.81 bits per heavy atom. The Kier molecular flexibility index (Phi) is 6.46. The van der Waals surface area contributed by atoms with Gasteiger partial charge in [0.05, 0.1) is 12.8 Å². The molecule has 1 aromatic carbocycles. The van der Waals surface area contributed by atoms with E-state index in [2.05, 4.69) is 38.3 Å². The lowest BCUT2D eigenvalue weighted by Crippen LogP contribution is -2.47. The molecule has 0 radical (unpaired) electrons. The van der Waals surface area contributed by atoms with Gasteiger partial charge < -0.3 is 19.9 Å². The summed E-state index contributed by atoms with van der Waals surface area (Å²) in [6.45, 7) is 6.20. The van der Waals surface area contributed by atoms with E-state index in [4.69, 9.17) is 4.74 Å². The molecule has 3 rings (SSSR count). The molecule has 1 aliphatic rings. The average molecular weight is 369 g/mol. The number of methoxy groups -OCH3 is 1. The van der Waals surface area contributed by atoms with Crippen molar-refractivity contribution >= 4 is 17.4 Å². The SMILES string of the molecule is CCCCNC(=O)c1ccc(N2CCN(c3ccccc3OC)CC2)nn1. The lowest BCUT2D eigenvalue weighted by molar-refractivity contribution is 0.0947. The number of carbonyl (C=O) groups excluding carboxylic acids is 1. The molecule has 0 unspecified atom stereocenters. The third-order valence-corrected chi connectivity index (χ3v) is 4.73. The van der Waals surface area contributed by atoms with E-state index in [0.29, 0.717) is 12.2 Å². The predicted octanol–water partition coefficient (Wildman–Crippen LogP) is 2.34. The largest absolute Gasteiger partial charge is 0.495 e. The number of para-hydroxylation sites is 2. The molecule has 0 atom stereocenters. The molecule has 2 heterocycles. The molecule has 144 valence electrons. The van der Waals surface area contributed by atoms with Gasteiger partial charge in [-0.2, -0.15) is 0 Å². The second-order valence-electron chi connectivity index (χ2n) is 6.53. The number of anilines is 2. The molecule has 1 aliphatic heterocycles. The molecule has 2 aromatic rings. The molecule has 0 saturated carbocycles. The number of piperazine rings is 1. The topological polar surface area (TPSA) is 70.6 Å². The van der Waals surface area contributed by atoms with Gasteiger partial charge in [-0.3, -0.25) is 4.79 Å². The van der Waals surface area contributed by atoms with Crippen LogP contribution in [0.15, 0.2) is 36.4 Å². The van der Waals surface area contributed by atoms with Gasteiger partial charge in [-0.25, -0.2) is 0 Å². The van der Waals surface area contributed by atoms with E-state index in [0.717, 1.165) is 56.3 Å². The Morgan fingerprint density at radius 3 is 2.48 bits per heavy atom. The highest BCUT2D eigenvalue weighted by Gasteiger charge is 2.21. The number of ether oxygens (including phenoxy) is 1. The van der Waals surface area contributed by atoms with Crippen molar-refractivity contribution in [3.8, 4) is 5.75 Å². The van der Waals surface area contributed by atoms with Crippen molar-refractivity contribution in [2.24, 2.45) is 0 Å². The van der Waals surface area contributed by atoms with Gasteiger partial charge in [0.25, 0.3) is 5.91 Å². The number of nitrogens with one attached hydrogen (secondary N) is 1. The van der Waals surface area contributed by atoms with Gasteiger partial charge in [0.15, 0.2) is 11.5 Å². The summed E-state index contributed by atoms with van der Waals surface area (Å²) in [5, 5.41) is 11.2. The fourth-order valence-electron chi connectivity index (χ4n) is 3.15. The predicted molar refractivity (Wildman–Crippen MR) is 107 cm³/mol. The maximum Gasteiger partial charge on any atom is 0.271 e. The molecule has 7 heteroatoms. The highest BCUT2D eigenvalue weighted by Crippen LogP contribution is 2.28. The van der Waals surface area contributed by atoms with Crippen LogP contribution in [0.5, 0.6) is 5.75 Å². The quantitative estimate of drug-likeness (QED) is 0.756. The van der Waals surface area contributed by atoms with Gasteiger partial charge in [0, 0.05) is 32.7 Å². The van der Waals surface area contributed by atoms with Crippen LogP contribution in [-0.2, 0) is 0 Å². The Labute approximate surface area is 160 Å². The number of benzene rings is 1. The highest BCUT2D eigenvalue weighted by atomic mass is 16.5. The van der Waals surface area contributed by atoms with Gasteiger partial charge in [-0.05, 0) is 30.7 Å². The molecule has 1 aromatic heterocycles. The fourth-order valence-corrected chi connectivity index (χ4v) is 3.15. The molecular weight excluding hydrogens is 342 g/mol. The van der Waals surface area contributed by atoms with E-state index in [1.54, 1.807) is 13.2 Å². The number of unbranched alkanes of at least 4 members (excludes halogenated alkanes) is 1. The second-order valence-corrected chi connectivity index (χ2v) is 6.53. The zero-order valence-corrected chi connectivity index (χ0v) is 16.0. The zero-order valence-electron chi connectivity index (χ0n) is 16.0. The summed E-state index contributed by atoms with van der Waals surface area (Å²) in [7, 11) is 1.70. The molecule has 7 nitrogen and oxygen atoms in total. The number of hydrogen-bond donors (Lipinski definition) is 1. The van der Waals surface area contributed by atoms with E-state index in [-0.39, 0.29) is 5.91 Å². The first-order chi connectivity index (χ1) is 13.2. The smallest absolute Gasteiger partial charge is 0.271 e. The highest BCUT2D eigenvalue weighted by molar-refractivity contribution is 5.92. The maximum atomic E-state index is 12.0. The first-order valence-corrected chi connectivity index (χ1v) is 9.47. The van der Waals surface area contributed by atoms with Crippen LogP contribution in [0.25, 0.3) is 0 Å². The molecule has 1 N–H and O–H groups in total. The molecule has 0 spiro atoms. The second kappa shape index (κ2) is 9.21. The Morgan fingerprint density at radius 1 is 1.07 bits per heavy atom. The minimum atomic E-state index is -0.163. The first-order valence-electron chi connectivity index (χ1n) is 9.47. The minimum Gasteiger partial charge on any atom is -0.495 e. The lowest BCUT2D eigenvalue weighted by atomic mass is 10.2. The van der Waals surface area contributed by atoms with Gasteiger partial charge in [0.1, 0.15) is 5.75 Å². The van der Waals surface area contributed by atoms with E-state index in [1.807, 2.05) is 24.3 Å². The minimum absolute atomic E-state index is 0.163. The van der Waals surface area contributed by atoms with Gasteiger partial charge >= 0.3 is 0 Å². The van der Waals surface area contributed by atoms with Crippen molar-refractivity contribution in [3.05, 3.63) is 42.1 Å². The zero-order chi connectivity index (χ0) is 19.1. The summed E-state index contributed by atoms with van der Waals surface area (Å²) in [6, 6.07) is 11.7. The van der Waals surface area contributed by atoms with E-state index >= 15 is 0 Å². The summed E-state index contributed by atoms with van der Waals surface area (Å²) < 4.78 is 5.47. The monoisotopic (exact) mass is 369 g/mol. The molecule has 27 heavy (non-hydrogen) atoms. The number of rotatable bonds is 7. The standard InChI is InChI=1S/C20H27N5O2/c1-3-4-11-21-20(26)16-9-10-19(23-22-16)25-14-12-24(13-15-25)17-7-5-6-8-18(17)27-2/h5-10H,3-4,11-15H2,1-2H3,(H,21,26). The third-order valence-electron chi connectivity index (χ3n) is 4.73. The van der Waals surface area contributed by atoms with Crippen LogP contribution >= 0.6 is 0 Å².